The minimum Gasteiger partial charge on any atom is -0.495 e. The highest BCUT2D eigenvalue weighted by atomic mass is 79.9. The van der Waals surface area contributed by atoms with E-state index >= 15 is 0 Å². The third-order valence-electron chi connectivity index (χ3n) is 3.73. The van der Waals surface area contributed by atoms with Gasteiger partial charge in [-0.05, 0) is 67.2 Å². The smallest absolute Gasteiger partial charge is 0.410 e. The van der Waals surface area contributed by atoms with Gasteiger partial charge in [0.05, 0.1) is 20.3 Å². The Labute approximate surface area is 146 Å². The Balaban J connectivity index is 2.31. The molecule has 2 rings (SSSR count). The lowest BCUT2D eigenvalue weighted by molar-refractivity contribution is 0.0224. The maximum atomic E-state index is 12.5. The number of carbonyl (C=O) groups excluding carboxylic acids is 1. The van der Waals surface area contributed by atoms with Gasteiger partial charge in [0.1, 0.15) is 21.6 Å². The molecule has 1 saturated heterocycles. The summed E-state index contributed by atoms with van der Waals surface area (Å²) in [6.45, 7) is 6.32. The Morgan fingerprint density at radius 3 is 2.26 bits per heavy atom. The molecule has 0 saturated carbocycles. The predicted octanol–water partition coefficient (Wildman–Crippen LogP) is 4.54. The Kier molecular flexibility index (Phi) is 5.45. The number of rotatable bonds is 3. The van der Waals surface area contributed by atoms with Crippen molar-refractivity contribution >= 4 is 22.0 Å². The van der Waals surface area contributed by atoms with Crippen LogP contribution < -0.4 is 9.47 Å². The van der Waals surface area contributed by atoms with Gasteiger partial charge in [0.25, 0.3) is 0 Å². The number of likely N-dealkylation sites (tertiary alicyclic amines) is 1. The molecule has 0 unspecified atom stereocenters. The normalized spacial score (nSPS) is 18.0. The molecule has 0 N–H and O–H groups in total. The van der Waals surface area contributed by atoms with Gasteiger partial charge < -0.3 is 19.1 Å². The zero-order valence-corrected chi connectivity index (χ0v) is 15.9. The van der Waals surface area contributed by atoms with Crippen LogP contribution in [0.1, 0.15) is 45.2 Å². The van der Waals surface area contributed by atoms with Gasteiger partial charge in [0.2, 0.25) is 0 Å². The zero-order valence-electron chi connectivity index (χ0n) is 14.3. The molecule has 0 radical (unpaired) electrons. The maximum absolute atomic E-state index is 12.5. The molecule has 0 bridgehead atoms. The molecule has 0 aromatic heterocycles. The number of amides is 1. The summed E-state index contributed by atoms with van der Waals surface area (Å²) in [6, 6.07) is 3.86. The molecule has 0 aliphatic carbocycles. The number of nitrogens with zero attached hydrogens (tertiary/aromatic N) is 1. The van der Waals surface area contributed by atoms with Crippen LogP contribution in [0.2, 0.25) is 0 Å². The van der Waals surface area contributed by atoms with Crippen molar-refractivity contribution in [1.82, 2.24) is 4.90 Å². The first kappa shape index (κ1) is 17.9. The van der Waals surface area contributed by atoms with Gasteiger partial charge in [-0.25, -0.2) is 4.79 Å². The van der Waals surface area contributed by atoms with Crippen LogP contribution in [0.4, 0.5) is 4.79 Å². The van der Waals surface area contributed by atoms with Crippen LogP contribution in [0.15, 0.2) is 16.6 Å². The summed E-state index contributed by atoms with van der Waals surface area (Å²) in [5.41, 5.74) is 0.490. The van der Waals surface area contributed by atoms with E-state index < -0.39 is 5.60 Å². The molecular weight excluding hydrogens is 362 g/mol. The molecule has 128 valence electrons. The van der Waals surface area contributed by atoms with Crippen molar-refractivity contribution < 1.29 is 19.0 Å². The van der Waals surface area contributed by atoms with Gasteiger partial charge >= 0.3 is 6.09 Å². The van der Waals surface area contributed by atoms with Crippen molar-refractivity contribution in [3.8, 4) is 11.5 Å². The molecule has 1 fully saturated rings. The van der Waals surface area contributed by atoms with E-state index in [1.165, 1.54) is 0 Å². The first-order valence-corrected chi connectivity index (χ1v) is 8.47. The number of ether oxygens (including phenoxy) is 3. The molecule has 1 heterocycles. The number of methoxy groups -OCH3 is 2. The Morgan fingerprint density at radius 2 is 1.78 bits per heavy atom. The fourth-order valence-corrected chi connectivity index (χ4v) is 3.29. The van der Waals surface area contributed by atoms with Crippen molar-refractivity contribution in [2.75, 3.05) is 20.8 Å². The quantitative estimate of drug-likeness (QED) is 0.766. The minimum atomic E-state index is -0.501. The first-order chi connectivity index (χ1) is 10.8. The van der Waals surface area contributed by atoms with Crippen LogP contribution >= 0.6 is 15.9 Å². The van der Waals surface area contributed by atoms with E-state index in [-0.39, 0.29) is 12.1 Å². The summed E-state index contributed by atoms with van der Waals surface area (Å²) in [5, 5.41) is 0. The third kappa shape index (κ3) is 4.10. The minimum absolute atomic E-state index is 0.0271. The van der Waals surface area contributed by atoms with E-state index in [1.807, 2.05) is 32.9 Å². The second kappa shape index (κ2) is 6.99. The summed E-state index contributed by atoms with van der Waals surface area (Å²) in [4.78, 5) is 14.2. The number of halogens is 1. The van der Waals surface area contributed by atoms with Gasteiger partial charge in [-0.3, -0.25) is 0 Å². The van der Waals surface area contributed by atoms with Crippen LogP contribution in [0.25, 0.3) is 0 Å². The van der Waals surface area contributed by atoms with Gasteiger partial charge in [-0.2, -0.15) is 0 Å². The first-order valence-electron chi connectivity index (χ1n) is 7.68. The van der Waals surface area contributed by atoms with Gasteiger partial charge in [0, 0.05) is 6.54 Å². The van der Waals surface area contributed by atoms with Crippen molar-refractivity contribution in [1.29, 1.82) is 0 Å². The Hall–Kier alpha value is -1.43. The SMILES string of the molecule is COc1cc([C@@H]2CCCN2C(=O)OC(C)(C)C)cc(OC)c1Br. The fraction of sp³-hybridized carbons (Fsp3) is 0.588. The van der Waals surface area contributed by atoms with Gasteiger partial charge in [0.15, 0.2) is 0 Å². The number of carbonyl (C=O) groups is 1. The molecule has 0 spiro atoms. The average molecular weight is 386 g/mol. The molecule has 5 nitrogen and oxygen atoms in total. The molecule has 1 aliphatic rings. The van der Waals surface area contributed by atoms with E-state index in [0.717, 1.165) is 22.9 Å². The molecular formula is C17H24BrNO4. The second-order valence-electron chi connectivity index (χ2n) is 6.57. The largest absolute Gasteiger partial charge is 0.495 e. The highest BCUT2D eigenvalue weighted by Gasteiger charge is 2.34. The summed E-state index contributed by atoms with van der Waals surface area (Å²) >= 11 is 3.47. The molecule has 1 aromatic rings. The molecule has 1 atom stereocenters. The highest BCUT2D eigenvalue weighted by molar-refractivity contribution is 9.10. The van der Waals surface area contributed by atoms with Gasteiger partial charge in [-0.1, -0.05) is 0 Å². The summed E-state index contributed by atoms with van der Waals surface area (Å²) < 4.78 is 17.1. The van der Waals surface area contributed by atoms with Crippen molar-refractivity contribution in [3.05, 3.63) is 22.2 Å². The maximum Gasteiger partial charge on any atom is 0.410 e. The Morgan fingerprint density at radius 1 is 1.22 bits per heavy atom. The van der Waals surface area contributed by atoms with E-state index in [0.29, 0.717) is 18.0 Å². The van der Waals surface area contributed by atoms with Crippen LogP contribution in [0.5, 0.6) is 11.5 Å². The van der Waals surface area contributed by atoms with E-state index in [2.05, 4.69) is 15.9 Å². The van der Waals surface area contributed by atoms with Crippen LogP contribution in [0.3, 0.4) is 0 Å². The summed E-state index contributed by atoms with van der Waals surface area (Å²) in [6.07, 6.45) is 1.57. The second-order valence-corrected chi connectivity index (χ2v) is 7.36. The van der Waals surface area contributed by atoms with E-state index in [9.17, 15) is 4.79 Å². The standard InChI is InChI=1S/C17H24BrNO4/c1-17(2,3)23-16(20)19-8-6-7-12(19)11-9-13(21-4)15(18)14(10-11)22-5/h9-10,12H,6-8H2,1-5H3/t12-/m0/s1. The van der Waals surface area contributed by atoms with Crippen LogP contribution in [-0.2, 0) is 4.74 Å². The number of hydrogen-bond donors (Lipinski definition) is 0. The molecule has 1 aliphatic heterocycles. The summed E-state index contributed by atoms with van der Waals surface area (Å²) in [5.74, 6) is 1.38. The molecule has 1 aromatic carbocycles. The van der Waals surface area contributed by atoms with Gasteiger partial charge in [-0.15, -0.1) is 0 Å². The number of benzene rings is 1. The third-order valence-corrected chi connectivity index (χ3v) is 4.52. The fourth-order valence-electron chi connectivity index (χ4n) is 2.73. The lowest BCUT2D eigenvalue weighted by Gasteiger charge is -2.29. The van der Waals surface area contributed by atoms with Crippen molar-refractivity contribution in [2.24, 2.45) is 0 Å². The van der Waals surface area contributed by atoms with E-state index in [1.54, 1.807) is 19.1 Å². The molecule has 23 heavy (non-hydrogen) atoms. The number of hydrogen-bond acceptors (Lipinski definition) is 4. The Bertz CT molecular complexity index is 557. The van der Waals surface area contributed by atoms with Crippen molar-refractivity contribution in [2.45, 2.75) is 45.3 Å². The zero-order chi connectivity index (χ0) is 17.2. The van der Waals surface area contributed by atoms with Crippen molar-refractivity contribution in [3.63, 3.8) is 0 Å². The lowest BCUT2D eigenvalue weighted by Crippen LogP contribution is -2.36. The topological polar surface area (TPSA) is 48.0 Å². The molecule has 6 heteroatoms. The van der Waals surface area contributed by atoms with E-state index in [4.69, 9.17) is 14.2 Å². The van der Waals surface area contributed by atoms with Crippen LogP contribution in [-0.4, -0.2) is 37.4 Å². The van der Waals surface area contributed by atoms with Crippen LogP contribution in [0, 0.1) is 0 Å². The highest BCUT2D eigenvalue weighted by Crippen LogP contribution is 2.41. The molecule has 1 amide bonds. The lowest BCUT2D eigenvalue weighted by atomic mass is 10.0. The average Bonchev–Trinajstić information content (AvgIpc) is 2.95. The summed E-state index contributed by atoms with van der Waals surface area (Å²) in [7, 11) is 3.23. The predicted molar refractivity (Wildman–Crippen MR) is 92.2 cm³/mol. The monoisotopic (exact) mass is 385 g/mol.